The standard InChI is InChI=1S/C58H36N4O/c59-37-38-14-12-21-44(32-38)41-26-28-43(29-27-41)56-60-57(62-58(61-56)48-34-46(39-15-4-1-5-16-39)33-47(35-48)40-17-6-2-7-18-40)45-30-31-52-54(36-45)63-53-25-13-24-51(55(52)53)50-23-11-10-22-49(50)42-19-8-3-9-20-42/h1-36H. The van der Waals surface area contributed by atoms with Crippen LogP contribution in [0.5, 0.6) is 0 Å². The minimum atomic E-state index is 0.532. The Bertz CT molecular complexity index is 3440. The van der Waals surface area contributed by atoms with Crippen molar-refractivity contribution in [3.63, 3.8) is 0 Å². The average Bonchev–Trinajstić information content (AvgIpc) is 3.75. The Morgan fingerprint density at radius 3 is 1.48 bits per heavy atom. The van der Waals surface area contributed by atoms with Crippen molar-refractivity contribution < 1.29 is 4.42 Å². The Morgan fingerprint density at radius 1 is 0.317 bits per heavy atom. The van der Waals surface area contributed by atoms with Crippen molar-refractivity contribution >= 4 is 21.9 Å². The van der Waals surface area contributed by atoms with E-state index in [0.717, 1.165) is 94.3 Å². The van der Waals surface area contributed by atoms with Crippen LogP contribution in [0, 0.1) is 11.3 Å². The summed E-state index contributed by atoms with van der Waals surface area (Å²) in [5.41, 5.74) is 15.6. The maximum absolute atomic E-state index is 9.53. The molecule has 0 amide bonds. The van der Waals surface area contributed by atoms with Crippen LogP contribution in [0.2, 0.25) is 0 Å². The van der Waals surface area contributed by atoms with Crippen LogP contribution in [0.25, 0.3) is 112 Å². The molecule has 0 aliphatic heterocycles. The number of rotatable bonds is 8. The van der Waals surface area contributed by atoms with Gasteiger partial charge in [-0.1, -0.05) is 170 Å². The molecule has 0 bridgehead atoms. The smallest absolute Gasteiger partial charge is 0.164 e. The molecule has 0 saturated carbocycles. The molecule has 5 heteroatoms. The zero-order valence-electron chi connectivity index (χ0n) is 34.0. The minimum absolute atomic E-state index is 0.532. The van der Waals surface area contributed by atoms with Gasteiger partial charge in [-0.15, -0.1) is 0 Å². The topological polar surface area (TPSA) is 75.6 Å². The maximum atomic E-state index is 9.53. The Hall–Kier alpha value is -8.72. The van der Waals surface area contributed by atoms with E-state index in [0.29, 0.717) is 23.0 Å². The second kappa shape index (κ2) is 16.0. The number of nitriles is 1. The summed E-state index contributed by atoms with van der Waals surface area (Å²) >= 11 is 0. The molecule has 0 fully saturated rings. The lowest BCUT2D eigenvalue weighted by Crippen LogP contribution is -2.00. The first-order valence-electron chi connectivity index (χ1n) is 20.9. The molecule has 0 N–H and O–H groups in total. The fraction of sp³-hybridized carbons (Fsp3) is 0. The van der Waals surface area contributed by atoms with Crippen molar-refractivity contribution in [2.45, 2.75) is 0 Å². The van der Waals surface area contributed by atoms with E-state index >= 15 is 0 Å². The fourth-order valence-electron chi connectivity index (χ4n) is 8.47. The molecule has 0 spiro atoms. The highest BCUT2D eigenvalue weighted by Crippen LogP contribution is 2.42. The second-order valence-electron chi connectivity index (χ2n) is 15.5. The number of hydrogen-bond acceptors (Lipinski definition) is 5. The summed E-state index contributed by atoms with van der Waals surface area (Å²) in [5.74, 6) is 1.63. The molecule has 0 unspecified atom stereocenters. The van der Waals surface area contributed by atoms with Gasteiger partial charge in [0.05, 0.1) is 11.6 Å². The second-order valence-corrected chi connectivity index (χ2v) is 15.5. The van der Waals surface area contributed by atoms with E-state index in [1.165, 1.54) is 0 Å². The minimum Gasteiger partial charge on any atom is -0.456 e. The molecule has 0 aliphatic rings. The van der Waals surface area contributed by atoms with Crippen molar-refractivity contribution in [3.05, 3.63) is 224 Å². The van der Waals surface area contributed by atoms with E-state index in [1.807, 2.05) is 78.9 Å². The van der Waals surface area contributed by atoms with Crippen LogP contribution in [-0.2, 0) is 0 Å². The van der Waals surface area contributed by atoms with Crippen molar-refractivity contribution in [3.8, 4) is 95.9 Å². The zero-order chi connectivity index (χ0) is 42.1. The number of furan rings is 1. The van der Waals surface area contributed by atoms with Crippen LogP contribution in [0.1, 0.15) is 5.56 Å². The van der Waals surface area contributed by atoms with E-state index in [1.54, 1.807) is 0 Å². The lowest BCUT2D eigenvalue weighted by molar-refractivity contribution is 0.669. The third-order valence-electron chi connectivity index (χ3n) is 11.6. The van der Waals surface area contributed by atoms with Gasteiger partial charge < -0.3 is 4.42 Å². The average molecular weight is 805 g/mol. The van der Waals surface area contributed by atoms with E-state index in [2.05, 4.69) is 146 Å². The van der Waals surface area contributed by atoms with Crippen LogP contribution in [0.3, 0.4) is 0 Å². The van der Waals surface area contributed by atoms with Crippen molar-refractivity contribution in [2.75, 3.05) is 0 Å². The van der Waals surface area contributed by atoms with E-state index < -0.39 is 0 Å². The number of fused-ring (bicyclic) bond motifs is 3. The molecule has 0 atom stereocenters. The summed E-state index contributed by atoms with van der Waals surface area (Å²) in [7, 11) is 0. The third-order valence-corrected chi connectivity index (χ3v) is 11.6. The Balaban J connectivity index is 1.08. The predicted molar refractivity (Wildman–Crippen MR) is 255 cm³/mol. The SMILES string of the molecule is N#Cc1cccc(-c2ccc(-c3nc(-c4cc(-c5ccccc5)cc(-c5ccccc5)c4)nc(-c4ccc5c(c4)oc4cccc(-c6ccccc6-c6ccccc6)c45)n3)cc2)c1. The van der Waals surface area contributed by atoms with E-state index in [4.69, 9.17) is 19.4 Å². The van der Waals surface area contributed by atoms with Crippen molar-refractivity contribution in [1.29, 1.82) is 5.26 Å². The molecule has 2 heterocycles. The summed E-state index contributed by atoms with van der Waals surface area (Å²) in [5, 5.41) is 11.6. The highest BCUT2D eigenvalue weighted by molar-refractivity contribution is 6.14. The summed E-state index contributed by atoms with van der Waals surface area (Å²) in [6, 6.07) is 77.0. The van der Waals surface area contributed by atoms with E-state index in [9.17, 15) is 5.26 Å². The first-order valence-corrected chi connectivity index (χ1v) is 20.9. The lowest BCUT2D eigenvalue weighted by Gasteiger charge is -2.13. The quantitative estimate of drug-likeness (QED) is 0.153. The molecule has 5 nitrogen and oxygen atoms in total. The molecule has 63 heavy (non-hydrogen) atoms. The highest BCUT2D eigenvalue weighted by Gasteiger charge is 2.19. The molecule has 0 aliphatic carbocycles. The molecule has 0 saturated heterocycles. The Labute approximate surface area is 364 Å². The fourth-order valence-corrected chi connectivity index (χ4v) is 8.47. The number of benzene rings is 9. The first-order chi connectivity index (χ1) is 31.1. The van der Waals surface area contributed by atoms with Gasteiger partial charge in [-0.25, -0.2) is 15.0 Å². The molecule has 9 aromatic carbocycles. The van der Waals surface area contributed by atoms with Crippen LogP contribution < -0.4 is 0 Å². The molecular weight excluding hydrogens is 769 g/mol. The number of aromatic nitrogens is 3. The molecule has 0 radical (unpaired) electrons. The summed E-state index contributed by atoms with van der Waals surface area (Å²) in [6.07, 6.45) is 0. The first kappa shape index (κ1) is 37.3. The normalized spacial score (nSPS) is 11.2. The van der Waals surface area contributed by atoms with Gasteiger partial charge in [0.25, 0.3) is 0 Å². The maximum Gasteiger partial charge on any atom is 0.164 e. The van der Waals surface area contributed by atoms with Gasteiger partial charge in [-0.2, -0.15) is 5.26 Å². The summed E-state index contributed by atoms with van der Waals surface area (Å²) in [6.45, 7) is 0. The summed E-state index contributed by atoms with van der Waals surface area (Å²) in [4.78, 5) is 15.6. The Kier molecular flexibility index (Phi) is 9.50. The van der Waals surface area contributed by atoms with E-state index in [-0.39, 0.29) is 0 Å². The van der Waals surface area contributed by atoms with Gasteiger partial charge in [-0.05, 0) is 104 Å². The summed E-state index contributed by atoms with van der Waals surface area (Å²) < 4.78 is 6.66. The van der Waals surface area contributed by atoms with Crippen LogP contribution in [0.4, 0.5) is 0 Å². The van der Waals surface area contributed by atoms with Gasteiger partial charge in [0.15, 0.2) is 17.5 Å². The highest BCUT2D eigenvalue weighted by atomic mass is 16.3. The monoisotopic (exact) mass is 804 g/mol. The van der Waals surface area contributed by atoms with Crippen molar-refractivity contribution in [1.82, 2.24) is 15.0 Å². The van der Waals surface area contributed by atoms with Crippen LogP contribution in [0.15, 0.2) is 223 Å². The van der Waals surface area contributed by atoms with Gasteiger partial charge in [0.2, 0.25) is 0 Å². The number of hydrogen-bond donors (Lipinski definition) is 0. The molecular formula is C58H36N4O. The Morgan fingerprint density at radius 2 is 0.810 bits per heavy atom. The molecule has 11 rings (SSSR count). The molecule has 11 aromatic rings. The predicted octanol–water partition coefficient (Wildman–Crippen LogP) is 15.0. The van der Waals surface area contributed by atoms with Crippen LogP contribution >= 0.6 is 0 Å². The zero-order valence-corrected chi connectivity index (χ0v) is 34.0. The van der Waals surface area contributed by atoms with Gasteiger partial charge in [0.1, 0.15) is 11.2 Å². The third kappa shape index (κ3) is 7.22. The van der Waals surface area contributed by atoms with Crippen molar-refractivity contribution in [2.24, 2.45) is 0 Å². The van der Waals surface area contributed by atoms with Gasteiger partial charge in [-0.3, -0.25) is 0 Å². The number of nitrogens with zero attached hydrogens (tertiary/aromatic N) is 4. The van der Waals surface area contributed by atoms with Gasteiger partial charge in [0, 0.05) is 27.5 Å². The lowest BCUT2D eigenvalue weighted by atomic mass is 9.92. The van der Waals surface area contributed by atoms with Crippen LogP contribution in [-0.4, -0.2) is 15.0 Å². The van der Waals surface area contributed by atoms with Gasteiger partial charge >= 0.3 is 0 Å². The molecule has 294 valence electrons. The molecule has 2 aromatic heterocycles. The largest absolute Gasteiger partial charge is 0.456 e.